The first-order chi connectivity index (χ1) is 8.86. The molecule has 0 bridgehead atoms. The van der Waals surface area contributed by atoms with Crippen LogP contribution in [0.15, 0.2) is 22.9 Å². The topological polar surface area (TPSA) is 81.1 Å². The maximum absolute atomic E-state index is 5.56. The highest BCUT2D eigenvalue weighted by Gasteiger charge is 2.18. The quantitative estimate of drug-likeness (QED) is 0.874. The Bertz CT molecular complexity index is 533. The van der Waals surface area contributed by atoms with Crippen molar-refractivity contribution in [3.63, 3.8) is 0 Å². The lowest BCUT2D eigenvalue weighted by Crippen LogP contribution is -2.18. The van der Waals surface area contributed by atoms with Crippen LogP contribution in [0.25, 0.3) is 11.5 Å². The molecule has 6 nitrogen and oxygen atoms in total. The average molecular weight is 245 g/mol. The molecule has 0 spiro atoms. The van der Waals surface area contributed by atoms with Gasteiger partial charge in [-0.2, -0.15) is 4.98 Å². The van der Waals surface area contributed by atoms with E-state index in [2.05, 4.69) is 20.0 Å². The number of anilines is 1. The van der Waals surface area contributed by atoms with E-state index in [0.717, 1.165) is 24.3 Å². The van der Waals surface area contributed by atoms with Crippen LogP contribution < -0.4 is 10.6 Å². The molecule has 0 aromatic carbocycles. The summed E-state index contributed by atoms with van der Waals surface area (Å²) in [5.41, 5.74) is 7.24. The Morgan fingerprint density at radius 3 is 2.94 bits per heavy atom. The van der Waals surface area contributed by atoms with Crippen molar-refractivity contribution in [1.29, 1.82) is 0 Å². The Balaban J connectivity index is 1.87. The second-order valence-corrected chi connectivity index (χ2v) is 4.33. The first-order valence-electron chi connectivity index (χ1n) is 6.11. The molecule has 0 radical (unpaired) electrons. The van der Waals surface area contributed by atoms with Crippen LogP contribution in [0.2, 0.25) is 0 Å². The molecule has 1 aliphatic heterocycles. The lowest BCUT2D eigenvalue weighted by Gasteiger charge is -2.09. The van der Waals surface area contributed by atoms with E-state index >= 15 is 0 Å². The highest BCUT2D eigenvalue weighted by Crippen LogP contribution is 2.22. The monoisotopic (exact) mass is 245 g/mol. The van der Waals surface area contributed by atoms with E-state index in [1.807, 2.05) is 12.1 Å². The summed E-state index contributed by atoms with van der Waals surface area (Å²) >= 11 is 0. The van der Waals surface area contributed by atoms with E-state index in [0.29, 0.717) is 18.4 Å². The number of aromatic nitrogens is 3. The molecule has 1 fully saturated rings. The fourth-order valence-electron chi connectivity index (χ4n) is 2.10. The van der Waals surface area contributed by atoms with Gasteiger partial charge < -0.3 is 15.2 Å². The fraction of sp³-hybridized carbons (Fsp3) is 0.417. The maximum Gasteiger partial charge on any atom is 0.266 e. The molecular weight excluding hydrogens is 230 g/mol. The molecule has 3 heterocycles. The normalized spacial score (nSPS) is 15.3. The Morgan fingerprint density at radius 1 is 1.33 bits per heavy atom. The average Bonchev–Trinajstić information content (AvgIpc) is 3.09. The molecule has 6 heteroatoms. The zero-order chi connectivity index (χ0) is 12.4. The summed E-state index contributed by atoms with van der Waals surface area (Å²) in [6.07, 6.45) is 4.09. The van der Waals surface area contributed by atoms with Crippen LogP contribution in [-0.2, 0) is 6.54 Å². The van der Waals surface area contributed by atoms with Crippen LogP contribution in [0, 0.1) is 0 Å². The van der Waals surface area contributed by atoms with E-state index in [1.165, 1.54) is 12.8 Å². The van der Waals surface area contributed by atoms with Crippen molar-refractivity contribution in [2.24, 2.45) is 5.73 Å². The van der Waals surface area contributed by atoms with Crippen molar-refractivity contribution < 1.29 is 4.52 Å². The van der Waals surface area contributed by atoms with Gasteiger partial charge in [-0.15, -0.1) is 0 Å². The van der Waals surface area contributed by atoms with Crippen molar-refractivity contribution in [3.05, 3.63) is 24.0 Å². The summed E-state index contributed by atoms with van der Waals surface area (Å²) in [5, 5.41) is 4.02. The molecular formula is C12H15N5O. The third-order valence-electron chi connectivity index (χ3n) is 3.08. The molecule has 1 saturated heterocycles. The third-order valence-corrected chi connectivity index (χ3v) is 3.08. The number of hydrogen-bond donors (Lipinski definition) is 1. The molecule has 2 N–H and O–H groups in total. The van der Waals surface area contributed by atoms with Crippen molar-refractivity contribution >= 4 is 5.95 Å². The van der Waals surface area contributed by atoms with E-state index in [1.54, 1.807) is 6.20 Å². The van der Waals surface area contributed by atoms with Crippen LogP contribution in [-0.4, -0.2) is 28.2 Å². The summed E-state index contributed by atoms with van der Waals surface area (Å²) in [6, 6.07) is 3.72. The molecule has 0 atom stereocenters. The molecule has 0 unspecified atom stereocenters. The molecule has 94 valence electrons. The molecule has 1 aliphatic rings. The Kier molecular flexibility index (Phi) is 2.93. The van der Waals surface area contributed by atoms with E-state index in [9.17, 15) is 0 Å². The Hall–Kier alpha value is -1.95. The number of nitrogens with zero attached hydrogens (tertiary/aromatic N) is 4. The van der Waals surface area contributed by atoms with Crippen LogP contribution in [0.4, 0.5) is 5.95 Å². The lowest BCUT2D eigenvalue weighted by atomic mass is 10.2. The maximum atomic E-state index is 5.56. The van der Waals surface area contributed by atoms with Gasteiger partial charge in [-0.3, -0.25) is 4.98 Å². The zero-order valence-corrected chi connectivity index (χ0v) is 10.0. The third kappa shape index (κ3) is 2.06. The van der Waals surface area contributed by atoms with Gasteiger partial charge in [0.05, 0.1) is 5.69 Å². The van der Waals surface area contributed by atoms with Crippen molar-refractivity contribution in [1.82, 2.24) is 15.1 Å². The van der Waals surface area contributed by atoms with Crippen molar-refractivity contribution in [2.75, 3.05) is 18.0 Å². The molecule has 18 heavy (non-hydrogen) atoms. The minimum atomic E-state index is 0.404. The fourth-order valence-corrected chi connectivity index (χ4v) is 2.10. The minimum Gasteiger partial charge on any atom is -0.338 e. The van der Waals surface area contributed by atoms with Gasteiger partial charge >= 0.3 is 0 Å². The Labute approximate surface area is 105 Å². The minimum absolute atomic E-state index is 0.404. The highest BCUT2D eigenvalue weighted by atomic mass is 16.5. The van der Waals surface area contributed by atoms with E-state index in [-0.39, 0.29) is 0 Å². The molecule has 3 rings (SSSR count). The summed E-state index contributed by atoms with van der Waals surface area (Å²) < 4.78 is 5.29. The van der Waals surface area contributed by atoms with Gasteiger partial charge in [-0.05, 0) is 30.1 Å². The summed E-state index contributed by atoms with van der Waals surface area (Å²) in [6.45, 7) is 2.41. The standard InChI is InChI=1S/C12H15N5O/c13-8-10-7-9(3-4-14-10)11-15-12(16-18-11)17-5-1-2-6-17/h3-4,7H,1-2,5-6,8,13H2. The largest absolute Gasteiger partial charge is 0.338 e. The van der Waals surface area contributed by atoms with Gasteiger partial charge in [-0.1, -0.05) is 0 Å². The number of rotatable bonds is 3. The second kappa shape index (κ2) is 4.73. The first kappa shape index (κ1) is 11.2. The van der Waals surface area contributed by atoms with Crippen LogP contribution in [0.1, 0.15) is 18.5 Å². The molecule has 0 saturated carbocycles. The smallest absolute Gasteiger partial charge is 0.266 e. The predicted octanol–water partition coefficient (Wildman–Crippen LogP) is 1.19. The van der Waals surface area contributed by atoms with E-state index < -0.39 is 0 Å². The van der Waals surface area contributed by atoms with E-state index in [4.69, 9.17) is 10.3 Å². The highest BCUT2D eigenvalue weighted by molar-refractivity contribution is 5.54. The van der Waals surface area contributed by atoms with Crippen LogP contribution in [0.3, 0.4) is 0 Å². The summed E-state index contributed by atoms with van der Waals surface area (Å²) in [5.74, 6) is 1.20. The SMILES string of the molecule is NCc1cc(-c2nc(N3CCCC3)no2)ccn1. The number of nitrogens with two attached hydrogens (primary N) is 1. The van der Waals surface area contributed by atoms with Crippen LogP contribution >= 0.6 is 0 Å². The number of pyridine rings is 1. The van der Waals surface area contributed by atoms with Gasteiger partial charge in [0.1, 0.15) is 0 Å². The molecule has 2 aromatic rings. The Morgan fingerprint density at radius 2 is 2.17 bits per heavy atom. The van der Waals surface area contributed by atoms with Gasteiger partial charge in [0.25, 0.3) is 11.8 Å². The van der Waals surface area contributed by atoms with Gasteiger partial charge in [-0.25, -0.2) is 0 Å². The second-order valence-electron chi connectivity index (χ2n) is 4.33. The summed E-state index contributed by atoms with van der Waals surface area (Å²) in [4.78, 5) is 10.7. The van der Waals surface area contributed by atoms with Gasteiger partial charge in [0.2, 0.25) is 0 Å². The zero-order valence-electron chi connectivity index (χ0n) is 10.0. The lowest BCUT2D eigenvalue weighted by molar-refractivity contribution is 0.430. The van der Waals surface area contributed by atoms with Crippen molar-refractivity contribution in [2.45, 2.75) is 19.4 Å². The van der Waals surface area contributed by atoms with Gasteiger partial charge in [0, 0.05) is 31.4 Å². The first-order valence-corrected chi connectivity index (χ1v) is 6.11. The molecule has 0 amide bonds. The molecule has 2 aromatic heterocycles. The van der Waals surface area contributed by atoms with Gasteiger partial charge in [0.15, 0.2) is 0 Å². The summed E-state index contributed by atoms with van der Waals surface area (Å²) in [7, 11) is 0. The number of hydrogen-bond acceptors (Lipinski definition) is 6. The predicted molar refractivity (Wildman–Crippen MR) is 66.9 cm³/mol. The van der Waals surface area contributed by atoms with Crippen molar-refractivity contribution in [3.8, 4) is 11.5 Å². The molecule has 0 aliphatic carbocycles. The van der Waals surface area contributed by atoms with Crippen LogP contribution in [0.5, 0.6) is 0 Å².